The van der Waals surface area contributed by atoms with Crippen LogP contribution in [-0.4, -0.2) is 69.8 Å². The van der Waals surface area contributed by atoms with Crippen LogP contribution in [-0.2, 0) is 15.0 Å². The summed E-state index contributed by atoms with van der Waals surface area (Å²) in [6, 6.07) is 7.72. The maximum Gasteiger partial charge on any atom is 0.302 e. The molecule has 4 heterocycles. The third kappa shape index (κ3) is 4.65. The Morgan fingerprint density at radius 2 is 2.02 bits per heavy atom. The molecule has 1 aromatic carbocycles. The first-order valence-corrected chi connectivity index (χ1v) is 13.2. The molecule has 5 rings (SSSR count). The molecule has 1 spiro atoms. The number of para-hydroxylation sites is 1. The van der Waals surface area contributed by atoms with Crippen LogP contribution in [0.5, 0.6) is 5.75 Å². The smallest absolute Gasteiger partial charge is 0.302 e. The molecule has 0 aliphatic carbocycles. The zero-order chi connectivity index (χ0) is 29.6. The first kappa shape index (κ1) is 28.0. The number of ether oxygens (including phenoxy) is 1. The molecule has 1 saturated heterocycles. The molecule has 3 aromatic rings. The Morgan fingerprint density at radius 1 is 1.29 bits per heavy atom. The summed E-state index contributed by atoms with van der Waals surface area (Å²) in [6.45, 7) is 11.7. The number of halogens is 2. The molecule has 1 N–H and O–H groups in total. The van der Waals surface area contributed by atoms with E-state index >= 15 is 0 Å². The lowest BCUT2D eigenvalue weighted by Gasteiger charge is -2.32. The van der Waals surface area contributed by atoms with Crippen molar-refractivity contribution in [2.45, 2.75) is 50.7 Å². The van der Waals surface area contributed by atoms with Crippen molar-refractivity contribution in [3.63, 3.8) is 0 Å². The van der Waals surface area contributed by atoms with E-state index in [-0.39, 0.29) is 41.8 Å². The number of rotatable bonds is 7. The number of fused-ring (bicyclic) bond motifs is 3. The number of pyridine rings is 1. The van der Waals surface area contributed by atoms with Crippen LogP contribution in [0.15, 0.2) is 42.7 Å². The number of likely N-dealkylation sites (tertiary alicyclic amines) is 1. The van der Waals surface area contributed by atoms with Gasteiger partial charge in [-0.2, -0.15) is 0 Å². The van der Waals surface area contributed by atoms with Gasteiger partial charge in [-0.05, 0) is 30.0 Å². The lowest BCUT2D eigenvalue weighted by atomic mass is 9.80. The number of alkyl halides is 2. The number of methoxy groups -OCH3 is 1. The maximum atomic E-state index is 14.1. The van der Waals surface area contributed by atoms with Crippen molar-refractivity contribution in [1.29, 1.82) is 0 Å². The van der Waals surface area contributed by atoms with Crippen LogP contribution in [0.2, 0.25) is 0 Å². The molecule has 2 aliphatic heterocycles. The van der Waals surface area contributed by atoms with Gasteiger partial charge in [0, 0.05) is 31.7 Å². The number of likely N-dealkylation sites (N-methyl/N-ethyl adjacent to an activating group) is 1. The van der Waals surface area contributed by atoms with Gasteiger partial charge in [0.2, 0.25) is 5.91 Å². The van der Waals surface area contributed by atoms with Crippen LogP contribution < -0.4 is 10.1 Å². The van der Waals surface area contributed by atoms with Crippen molar-refractivity contribution in [1.82, 2.24) is 19.2 Å². The van der Waals surface area contributed by atoms with E-state index in [1.165, 1.54) is 40.6 Å². The number of amides is 3. The Hall–Kier alpha value is -4.53. The second-order valence-corrected chi connectivity index (χ2v) is 10.9. The third-order valence-electron chi connectivity index (χ3n) is 7.88. The summed E-state index contributed by atoms with van der Waals surface area (Å²) in [5.74, 6) is -1.08. The highest BCUT2D eigenvalue weighted by molar-refractivity contribution is 6.07. The Morgan fingerprint density at radius 3 is 2.68 bits per heavy atom. The number of nitrogens with zero attached hydrogens (tertiary/aromatic N) is 5. The third-order valence-corrected chi connectivity index (χ3v) is 7.88. The van der Waals surface area contributed by atoms with Crippen LogP contribution in [0.4, 0.5) is 14.5 Å². The average Bonchev–Trinajstić information content (AvgIpc) is 3.64. The number of anilines is 1. The van der Waals surface area contributed by atoms with E-state index in [4.69, 9.17) is 11.3 Å². The lowest BCUT2D eigenvalue weighted by molar-refractivity contribution is -0.136. The van der Waals surface area contributed by atoms with E-state index in [1.807, 2.05) is 32.0 Å². The standard InChI is InChI=1S/C29H30F2N6O4/c1-16(2)10-21(35(4)26(38)17-11-22(41-5)25-33-20(24(30)31)14-36(25)13-17)27(39)37-15-29(12-23(37)32-3)18-8-6-7-9-19(18)34-28(29)40/h6-9,11,13-14,16,21,23-24H,10,12,15H2,1-2,4-5H3,(H,34,40)/t21-,23-,29-/m0/s1. The topological polar surface area (TPSA) is 101 Å². The molecule has 2 aliphatic rings. The first-order valence-electron chi connectivity index (χ1n) is 13.2. The summed E-state index contributed by atoms with van der Waals surface area (Å²) in [4.78, 5) is 51.4. The van der Waals surface area contributed by atoms with Gasteiger partial charge in [-0.25, -0.2) is 20.3 Å². The Bertz CT molecular complexity index is 1580. The summed E-state index contributed by atoms with van der Waals surface area (Å²) >= 11 is 0. The van der Waals surface area contributed by atoms with E-state index in [1.54, 1.807) is 6.07 Å². The Kier molecular flexibility index (Phi) is 7.15. The normalized spacial score (nSPS) is 20.4. The highest BCUT2D eigenvalue weighted by atomic mass is 19.3. The second-order valence-electron chi connectivity index (χ2n) is 10.9. The molecule has 0 saturated carbocycles. The number of nitrogens with one attached hydrogen (secondary N) is 1. The van der Waals surface area contributed by atoms with E-state index in [0.717, 1.165) is 11.8 Å². The highest BCUT2D eigenvalue weighted by Crippen LogP contribution is 2.47. The number of carbonyl (C=O) groups excluding carboxylic acids is 3. The summed E-state index contributed by atoms with van der Waals surface area (Å²) < 4.78 is 33.2. The van der Waals surface area contributed by atoms with Gasteiger partial charge in [0.15, 0.2) is 11.4 Å². The highest BCUT2D eigenvalue weighted by Gasteiger charge is 2.59. The fourth-order valence-corrected chi connectivity index (χ4v) is 5.82. The quantitative estimate of drug-likeness (QED) is 0.435. The zero-order valence-corrected chi connectivity index (χ0v) is 23.1. The predicted molar refractivity (Wildman–Crippen MR) is 146 cm³/mol. The van der Waals surface area contributed by atoms with Gasteiger partial charge < -0.3 is 19.4 Å². The largest absolute Gasteiger partial charge is 0.493 e. The van der Waals surface area contributed by atoms with Crippen LogP contribution in [0, 0.1) is 12.5 Å². The molecule has 0 unspecified atom stereocenters. The minimum Gasteiger partial charge on any atom is -0.493 e. The van der Waals surface area contributed by atoms with Crippen LogP contribution in [0.1, 0.15) is 54.7 Å². The molecule has 1 fully saturated rings. The number of benzene rings is 1. The molecule has 10 nitrogen and oxygen atoms in total. The van der Waals surface area contributed by atoms with Crippen molar-refractivity contribution in [3.8, 4) is 5.75 Å². The van der Waals surface area contributed by atoms with Gasteiger partial charge >= 0.3 is 6.17 Å². The molecule has 41 heavy (non-hydrogen) atoms. The molecule has 3 atom stereocenters. The molecule has 0 bridgehead atoms. The van der Waals surface area contributed by atoms with Crippen LogP contribution in [0.3, 0.4) is 0 Å². The van der Waals surface area contributed by atoms with Crippen molar-refractivity contribution in [2.24, 2.45) is 5.92 Å². The van der Waals surface area contributed by atoms with Crippen LogP contribution in [0.25, 0.3) is 10.5 Å². The number of imidazole rings is 1. The molecule has 0 radical (unpaired) electrons. The average molecular weight is 565 g/mol. The second kappa shape index (κ2) is 10.5. The van der Waals surface area contributed by atoms with E-state index in [2.05, 4.69) is 15.1 Å². The number of aromatic nitrogens is 2. The van der Waals surface area contributed by atoms with Crippen molar-refractivity contribution in [3.05, 3.63) is 71.0 Å². The van der Waals surface area contributed by atoms with Gasteiger partial charge in [-0.1, -0.05) is 32.0 Å². The molecular formula is C29H30F2N6O4. The molecule has 2 aromatic heterocycles. The van der Waals surface area contributed by atoms with Gasteiger partial charge in [0.05, 0.1) is 19.1 Å². The Balaban J connectivity index is 1.48. The van der Waals surface area contributed by atoms with E-state index in [9.17, 15) is 23.2 Å². The zero-order valence-electron chi connectivity index (χ0n) is 23.1. The fraction of sp³-hybridized carbons (Fsp3) is 0.414. The Labute approximate surface area is 235 Å². The van der Waals surface area contributed by atoms with Gasteiger partial charge in [0.25, 0.3) is 18.2 Å². The fourth-order valence-electron chi connectivity index (χ4n) is 5.82. The number of hydrogen-bond acceptors (Lipinski definition) is 5. The van der Waals surface area contributed by atoms with Crippen molar-refractivity contribution >= 4 is 29.1 Å². The van der Waals surface area contributed by atoms with Gasteiger partial charge in [-0.15, -0.1) is 0 Å². The first-order chi connectivity index (χ1) is 19.5. The molecular weight excluding hydrogens is 534 g/mol. The minimum atomic E-state index is -2.80. The summed E-state index contributed by atoms with van der Waals surface area (Å²) in [5, 5.41) is 2.88. The van der Waals surface area contributed by atoms with E-state index < -0.39 is 41.6 Å². The monoisotopic (exact) mass is 564 g/mol. The lowest BCUT2D eigenvalue weighted by Crippen LogP contribution is -2.51. The minimum absolute atomic E-state index is 0.0110. The summed E-state index contributed by atoms with van der Waals surface area (Å²) in [7, 11) is 2.85. The predicted octanol–water partition coefficient (Wildman–Crippen LogP) is 4.13. The molecule has 12 heteroatoms. The summed E-state index contributed by atoms with van der Waals surface area (Å²) in [6.07, 6.45) is -0.727. The van der Waals surface area contributed by atoms with Crippen molar-refractivity contribution < 1.29 is 27.9 Å². The van der Waals surface area contributed by atoms with Gasteiger partial charge in [0.1, 0.15) is 17.2 Å². The molecule has 3 amide bonds. The molecule has 214 valence electrons. The SMILES string of the molecule is [C-]#[N+][C@@H]1C[C@@]2(CN1C(=O)[C@H](CC(C)C)N(C)C(=O)c1cc(OC)c3nc(C(F)F)cn3c1)C(=O)Nc1ccccc12. The number of carbonyl (C=O) groups is 3. The number of hydrogen-bond donors (Lipinski definition) is 1. The van der Waals surface area contributed by atoms with Crippen LogP contribution >= 0.6 is 0 Å². The van der Waals surface area contributed by atoms with Crippen molar-refractivity contribution in [2.75, 3.05) is 26.0 Å². The van der Waals surface area contributed by atoms with E-state index in [0.29, 0.717) is 12.1 Å². The maximum absolute atomic E-state index is 14.1. The van der Waals surface area contributed by atoms with Gasteiger partial charge in [-0.3, -0.25) is 24.1 Å². The summed E-state index contributed by atoms with van der Waals surface area (Å²) in [5.41, 5.74) is 0.159.